The lowest BCUT2D eigenvalue weighted by molar-refractivity contribution is -0.134. The van der Waals surface area contributed by atoms with Crippen molar-refractivity contribution in [3.63, 3.8) is 0 Å². The number of nitrogens with zero attached hydrogens (tertiary/aromatic N) is 3. The number of amides is 2. The first-order valence-electron chi connectivity index (χ1n) is 7.94. The van der Waals surface area contributed by atoms with Gasteiger partial charge in [-0.1, -0.05) is 6.07 Å². The van der Waals surface area contributed by atoms with Gasteiger partial charge in [-0.2, -0.15) is 0 Å². The molecule has 1 aromatic rings. The van der Waals surface area contributed by atoms with Gasteiger partial charge >= 0.3 is 0 Å². The van der Waals surface area contributed by atoms with Crippen molar-refractivity contribution >= 4 is 17.6 Å². The van der Waals surface area contributed by atoms with Gasteiger partial charge in [-0.25, -0.2) is 4.98 Å². The normalized spacial score (nSPS) is 26.8. The van der Waals surface area contributed by atoms with Crippen molar-refractivity contribution in [3.8, 4) is 0 Å². The fourth-order valence-electron chi connectivity index (χ4n) is 3.16. The number of anilines is 1. The Morgan fingerprint density at radius 1 is 1.26 bits per heavy atom. The first-order chi connectivity index (χ1) is 11.0. The van der Waals surface area contributed by atoms with Crippen molar-refractivity contribution in [2.75, 3.05) is 38.1 Å². The fourth-order valence-corrected chi connectivity index (χ4v) is 3.16. The standard InChI is InChI=1S/C16H22N4O3/c1-19-6-7-20(10-12(21)9-19)14-4-2-11(8-17-14)13-3-5-15(22)18-16(13)23/h2,4,8,12-13,21H,3,5-7,9-10H2,1H3,(H,18,22,23). The average molecular weight is 318 g/mol. The van der Waals surface area contributed by atoms with E-state index in [1.807, 2.05) is 19.2 Å². The molecule has 2 unspecified atom stereocenters. The monoisotopic (exact) mass is 318 g/mol. The molecule has 1 aromatic heterocycles. The van der Waals surface area contributed by atoms with Gasteiger partial charge in [0.2, 0.25) is 11.8 Å². The molecule has 0 saturated carbocycles. The van der Waals surface area contributed by atoms with Crippen LogP contribution in [0.4, 0.5) is 5.82 Å². The zero-order valence-corrected chi connectivity index (χ0v) is 13.2. The maximum atomic E-state index is 11.9. The Bertz CT molecular complexity index is 589. The summed E-state index contributed by atoms with van der Waals surface area (Å²) in [6.07, 6.45) is 2.19. The van der Waals surface area contributed by atoms with Crippen LogP contribution in [0.15, 0.2) is 18.3 Å². The van der Waals surface area contributed by atoms with Crippen molar-refractivity contribution in [3.05, 3.63) is 23.9 Å². The number of pyridine rings is 1. The van der Waals surface area contributed by atoms with Crippen LogP contribution in [0, 0.1) is 0 Å². The summed E-state index contributed by atoms with van der Waals surface area (Å²) in [5.41, 5.74) is 0.825. The zero-order chi connectivity index (χ0) is 16.4. The number of hydrogen-bond donors (Lipinski definition) is 2. The molecule has 2 amide bonds. The Labute approximate surface area is 135 Å². The number of piperidine rings is 1. The molecule has 3 rings (SSSR count). The van der Waals surface area contributed by atoms with Crippen LogP contribution < -0.4 is 10.2 Å². The molecule has 2 aliphatic rings. The van der Waals surface area contributed by atoms with E-state index in [1.54, 1.807) is 6.20 Å². The fraction of sp³-hybridized carbons (Fsp3) is 0.562. The molecular formula is C16H22N4O3. The van der Waals surface area contributed by atoms with Gasteiger partial charge in [0.1, 0.15) is 5.82 Å². The quantitative estimate of drug-likeness (QED) is 0.729. The molecule has 0 spiro atoms. The minimum absolute atomic E-state index is 0.210. The van der Waals surface area contributed by atoms with Gasteiger partial charge in [-0.05, 0) is 25.1 Å². The Kier molecular flexibility index (Phi) is 4.58. The topological polar surface area (TPSA) is 85.8 Å². The summed E-state index contributed by atoms with van der Waals surface area (Å²) >= 11 is 0. The largest absolute Gasteiger partial charge is 0.390 e. The number of hydrogen-bond acceptors (Lipinski definition) is 6. The minimum atomic E-state index is -0.404. The molecule has 23 heavy (non-hydrogen) atoms. The highest BCUT2D eigenvalue weighted by molar-refractivity contribution is 6.00. The number of aliphatic hydroxyl groups is 1. The van der Waals surface area contributed by atoms with E-state index in [9.17, 15) is 14.7 Å². The first-order valence-corrected chi connectivity index (χ1v) is 7.94. The number of imide groups is 1. The summed E-state index contributed by atoms with van der Waals surface area (Å²) < 4.78 is 0. The second-order valence-corrected chi connectivity index (χ2v) is 6.32. The minimum Gasteiger partial charge on any atom is -0.390 e. The summed E-state index contributed by atoms with van der Waals surface area (Å²) in [4.78, 5) is 31.7. The van der Waals surface area contributed by atoms with E-state index < -0.39 is 6.10 Å². The van der Waals surface area contributed by atoms with Crippen molar-refractivity contribution in [2.45, 2.75) is 24.9 Å². The SMILES string of the molecule is CN1CCN(c2ccc(C3CCC(=O)NC3=O)cn2)CC(O)C1. The van der Waals surface area contributed by atoms with Gasteiger partial charge in [0.25, 0.3) is 0 Å². The van der Waals surface area contributed by atoms with Crippen molar-refractivity contribution in [2.24, 2.45) is 0 Å². The van der Waals surface area contributed by atoms with E-state index >= 15 is 0 Å². The van der Waals surface area contributed by atoms with Gasteiger partial charge in [0.05, 0.1) is 12.0 Å². The Morgan fingerprint density at radius 2 is 2.09 bits per heavy atom. The summed E-state index contributed by atoms with van der Waals surface area (Å²) in [6, 6.07) is 3.78. The van der Waals surface area contributed by atoms with E-state index in [0.717, 1.165) is 24.5 Å². The Balaban J connectivity index is 1.71. The molecule has 2 atom stereocenters. The molecule has 0 aromatic carbocycles. The second-order valence-electron chi connectivity index (χ2n) is 6.32. The molecule has 0 bridgehead atoms. The average Bonchev–Trinajstić information content (AvgIpc) is 2.68. The molecular weight excluding hydrogens is 296 g/mol. The van der Waals surface area contributed by atoms with Crippen LogP contribution >= 0.6 is 0 Å². The van der Waals surface area contributed by atoms with E-state index in [4.69, 9.17) is 0 Å². The summed E-state index contributed by atoms with van der Waals surface area (Å²) in [5, 5.41) is 12.4. The van der Waals surface area contributed by atoms with Gasteiger partial charge < -0.3 is 14.9 Å². The molecule has 0 aliphatic carbocycles. The van der Waals surface area contributed by atoms with Gasteiger partial charge in [-0.15, -0.1) is 0 Å². The molecule has 3 heterocycles. The van der Waals surface area contributed by atoms with Crippen molar-refractivity contribution in [1.82, 2.24) is 15.2 Å². The Hall–Kier alpha value is -1.99. The summed E-state index contributed by atoms with van der Waals surface area (Å²) in [6.45, 7) is 2.88. The Morgan fingerprint density at radius 3 is 2.78 bits per heavy atom. The maximum Gasteiger partial charge on any atom is 0.234 e. The number of carbonyl (C=O) groups excluding carboxylic acids is 2. The number of likely N-dealkylation sites (N-methyl/N-ethyl adjacent to an activating group) is 1. The number of carbonyl (C=O) groups is 2. The lowest BCUT2D eigenvalue weighted by Gasteiger charge is -2.24. The maximum absolute atomic E-state index is 11.9. The van der Waals surface area contributed by atoms with Crippen LogP contribution in [0.2, 0.25) is 0 Å². The number of aromatic nitrogens is 1. The third-order valence-electron chi connectivity index (χ3n) is 4.44. The zero-order valence-electron chi connectivity index (χ0n) is 13.2. The highest BCUT2D eigenvalue weighted by Crippen LogP contribution is 2.25. The molecule has 7 heteroatoms. The van der Waals surface area contributed by atoms with Gasteiger partial charge in [0.15, 0.2) is 0 Å². The molecule has 0 radical (unpaired) electrons. The van der Waals surface area contributed by atoms with Gasteiger partial charge in [0, 0.05) is 38.8 Å². The second kappa shape index (κ2) is 6.64. The van der Waals surface area contributed by atoms with Crippen LogP contribution in [-0.4, -0.2) is 66.1 Å². The van der Waals surface area contributed by atoms with Crippen molar-refractivity contribution < 1.29 is 14.7 Å². The van der Waals surface area contributed by atoms with Crippen LogP contribution in [0.1, 0.15) is 24.3 Å². The van der Waals surface area contributed by atoms with Crippen molar-refractivity contribution in [1.29, 1.82) is 0 Å². The van der Waals surface area contributed by atoms with Crippen LogP contribution in [0.25, 0.3) is 0 Å². The molecule has 7 nitrogen and oxygen atoms in total. The lowest BCUT2D eigenvalue weighted by atomic mass is 9.92. The molecule has 2 saturated heterocycles. The molecule has 2 fully saturated rings. The smallest absolute Gasteiger partial charge is 0.234 e. The first kappa shape index (κ1) is 15.9. The number of nitrogens with one attached hydrogen (secondary N) is 1. The predicted molar refractivity (Wildman–Crippen MR) is 85.1 cm³/mol. The molecule has 2 aliphatic heterocycles. The van der Waals surface area contributed by atoms with E-state index in [0.29, 0.717) is 25.9 Å². The van der Waals surface area contributed by atoms with E-state index in [-0.39, 0.29) is 17.7 Å². The third kappa shape index (κ3) is 3.68. The molecule has 2 N–H and O–H groups in total. The van der Waals surface area contributed by atoms with Crippen LogP contribution in [-0.2, 0) is 9.59 Å². The summed E-state index contributed by atoms with van der Waals surface area (Å²) in [5.74, 6) is 0.0339. The highest BCUT2D eigenvalue weighted by Gasteiger charge is 2.28. The van der Waals surface area contributed by atoms with Crippen LogP contribution in [0.3, 0.4) is 0 Å². The number of β-amino-alcohol motifs (C(OH)–C–C–N with tert-alkyl or cyclic N) is 1. The van der Waals surface area contributed by atoms with E-state index in [1.165, 1.54) is 0 Å². The van der Waals surface area contributed by atoms with Crippen LogP contribution in [0.5, 0.6) is 0 Å². The molecule has 124 valence electrons. The predicted octanol–water partition coefficient (Wildman–Crippen LogP) is -0.285. The van der Waals surface area contributed by atoms with Gasteiger partial charge in [-0.3, -0.25) is 14.9 Å². The highest BCUT2D eigenvalue weighted by atomic mass is 16.3. The third-order valence-corrected chi connectivity index (χ3v) is 4.44. The number of rotatable bonds is 2. The number of aliphatic hydroxyl groups excluding tert-OH is 1. The summed E-state index contributed by atoms with van der Waals surface area (Å²) in [7, 11) is 1.99. The lowest BCUT2D eigenvalue weighted by Crippen LogP contribution is -2.39. The van der Waals surface area contributed by atoms with E-state index in [2.05, 4.69) is 20.1 Å².